The fraction of sp³-hybridized carbons (Fsp3) is 0.333. The van der Waals surface area contributed by atoms with Crippen LogP contribution in [0.2, 0.25) is 0 Å². The number of nitrogens with one attached hydrogen (secondary N) is 1. The summed E-state index contributed by atoms with van der Waals surface area (Å²) < 4.78 is 7.10. The molecule has 0 bridgehead atoms. The molecule has 0 atom stereocenters. The van der Waals surface area contributed by atoms with Gasteiger partial charge in [-0.15, -0.1) is 0 Å². The number of nitrogens with zero attached hydrogens (tertiary/aromatic N) is 3. The summed E-state index contributed by atoms with van der Waals surface area (Å²) >= 11 is 0. The average Bonchev–Trinajstić information content (AvgIpc) is 3.16. The predicted molar refractivity (Wildman–Crippen MR) is 132 cm³/mol. The molecule has 4 rings (SSSR count). The summed E-state index contributed by atoms with van der Waals surface area (Å²) in [6.07, 6.45) is 1.21. The molecule has 8 heteroatoms. The lowest BCUT2D eigenvalue weighted by Gasteiger charge is -2.31. The van der Waals surface area contributed by atoms with Gasteiger partial charge in [0.25, 0.3) is 5.91 Å². The molecule has 1 fully saturated rings. The first-order valence-electron chi connectivity index (χ1n) is 11.8. The van der Waals surface area contributed by atoms with Crippen molar-refractivity contribution in [1.82, 2.24) is 14.7 Å². The lowest BCUT2D eigenvalue weighted by molar-refractivity contribution is -0.152. The van der Waals surface area contributed by atoms with Crippen LogP contribution in [0.4, 0.5) is 5.69 Å². The minimum Gasteiger partial charge on any atom is -0.455 e. The van der Waals surface area contributed by atoms with E-state index in [1.165, 1.54) is 0 Å². The molecule has 2 heterocycles. The molecule has 35 heavy (non-hydrogen) atoms. The maximum Gasteiger partial charge on any atom is 0.310 e. The highest BCUT2D eigenvalue weighted by Gasteiger charge is 2.28. The van der Waals surface area contributed by atoms with Gasteiger partial charge in [0.15, 0.2) is 6.61 Å². The zero-order valence-corrected chi connectivity index (χ0v) is 20.1. The molecule has 2 amide bonds. The first-order valence-corrected chi connectivity index (χ1v) is 11.8. The molecular weight excluding hydrogens is 444 g/mol. The highest BCUT2D eigenvalue weighted by molar-refractivity contribution is 5.92. The second kappa shape index (κ2) is 11.0. The van der Waals surface area contributed by atoms with Crippen LogP contribution >= 0.6 is 0 Å². The Hall–Kier alpha value is -3.94. The SMILES string of the molecule is Cc1nn(-c2ccccc2)c(C)c1CC(=O)OCC(=O)N1CCC(C(=O)Nc2ccccc2)CC1. The van der Waals surface area contributed by atoms with E-state index in [-0.39, 0.29) is 30.8 Å². The van der Waals surface area contributed by atoms with E-state index in [0.717, 1.165) is 28.3 Å². The molecule has 3 aromatic rings. The van der Waals surface area contributed by atoms with Crippen LogP contribution in [0.15, 0.2) is 60.7 Å². The van der Waals surface area contributed by atoms with Crippen molar-refractivity contribution in [2.24, 2.45) is 5.92 Å². The third-order valence-electron chi connectivity index (χ3n) is 6.38. The molecule has 0 saturated carbocycles. The van der Waals surface area contributed by atoms with E-state index < -0.39 is 5.97 Å². The van der Waals surface area contributed by atoms with E-state index >= 15 is 0 Å². The standard InChI is InChI=1S/C27H30N4O4/c1-19-24(20(2)31(29-19)23-11-7-4-8-12-23)17-26(33)35-18-25(32)30-15-13-21(14-16-30)27(34)28-22-9-5-3-6-10-22/h3-12,21H,13-18H2,1-2H3,(H,28,34). The van der Waals surface area contributed by atoms with Crippen molar-refractivity contribution >= 4 is 23.5 Å². The first-order chi connectivity index (χ1) is 16.9. The van der Waals surface area contributed by atoms with Crippen molar-refractivity contribution in [1.29, 1.82) is 0 Å². The Morgan fingerprint density at radius 2 is 1.60 bits per heavy atom. The first kappa shape index (κ1) is 24.2. The molecule has 2 aromatic carbocycles. The van der Waals surface area contributed by atoms with Gasteiger partial charge in [-0.2, -0.15) is 5.10 Å². The number of hydrogen-bond donors (Lipinski definition) is 1. The van der Waals surface area contributed by atoms with Crippen LogP contribution in [0, 0.1) is 19.8 Å². The molecule has 0 spiro atoms. The van der Waals surface area contributed by atoms with Gasteiger partial charge in [-0.1, -0.05) is 36.4 Å². The number of likely N-dealkylation sites (tertiary alicyclic amines) is 1. The van der Waals surface area contributed by atoms with Gasteiger partial charge in [0.05, 0.1) is 17.8 Å². The van der Waals surface area contributed by atoms with Gasteiger partial charge in [0.1, 0.15) is 0 Å². The minimum absolute atomic E-state index is 0.0310. The number of piperidine rings is 1. The number of hydrogen-bond acceptors (Lipinski definition) is 5. The van der Waals surface area contributed by atoms with Crippen LogP contribution in [0.25, 0.3) is 5.69 Å². The minimum atomic E-state index is -0.464. The van der Waals surface area contributed by atoms with E-state index in [2.05, 4.69) is 10.4 Å². The monoisotopic (exact) mass is 474 g/mol. The Balaban J connectivity index is 1.24. The third kappa shape index (κ3) is 5.95. The molecule has 1 aromatic heterocycles. The quantitative estimate of drug-likeness (QED) is 0.530. The predicted octanol–water partition coefficient (Wildman–Crippen LogP) is 3.45. The van der Waals surface area contributed by atoms with Gasteiger partial charge in [-0.25, -0.2) is 4.68 Å². The summed E-state index contributed by atoms with van der Waals surface area (Å²) in [4.78, 5) is 39.2. The third-order valence-corrected chi connectivity index (χ3v) is 6.38. The number of carbonyl (C=O) groups is 3. The van der Waals surface area contributed by atoms with Crippen LogP contribution in [0.5, 0.6) is 0 Å². The number of ether oxygens (including phenoxy) is 1. The Bertz CT molecular complexity index is 1180. The number of rotatable bonds is 7. The molecule has 0 unspecified atom stereocenters. The Kier molecular flexibility index (Phi) is 7.60. The van der Waals surface area contributed by atoms with Crippen LogP contribution in [0.1, 0.15) is 29.8 Å². The fourth-order valence-electron chi connectivity index (χ4n) is 4.34. The molecule has 1 N–H and O–H groups in total. The summed E-state index contributed by atoms with van der Waals surface area (Å²) in [6.45, 7) is 4.40. The Labute approximate surface area is 204 Å². The Morgan fingerprint density at radius 1 is 0.971 bits per heavy atom. The molecular formula is C27H30N4O4. The number of para-hydroxylation sites is 2. The fourth-order valence-corrected chi connectivity index (χ4v) is 4.34. The van der Waals surface area contributed by atoms with E-state index in [1.807, 2.05) is 74.5 Å². The van der Waals surface area contributed by atoms with Gasteiger partial charge >= 0.3 is 5.97 Å². The van der Waals surface area contributed by atoms with Crippen molar-refractivity contribution < 1.29 is 19.1 Å². The molecule has 0 radical (unpaired) electrons. The summed E-state index contributed by atoms with van der Waals surface area (Å²) in [7, 11) is 0. The normalized spacial score (nSPS) is 13.9. The van der Waals surface area contributed by atoms with Gasteiger partial charge in [0.2, 0.25) is 5.91 Å². The zero-order chi connectivity index (χ0) is 24.8. The summed E-state index contributed by atoms with van der Waals surface area (Å²) in [5.74, 6) is -0.881. The van der Waals surface area contributed by atoms with Crippen LogP contribution in [-0.4, -0.2) is 52.2 Å². The zero-order valence-electron chi connectivity index (χ0n) is 20.1. The lowest BCUT2D eigenvalue weighted by Crippen LogP contribution is -2.43. The van der Waals surface area contributed by atoms with E-state index in [1.54, 1.807) is 9.58 Å². The summed E-state index contributed by atoms with van der Waals surface area (Å²) in [5, 5.41) is 7.47. The maximum atomic E-state index is 12.6. The van der Waals surface area contributed by atoms with Gasteiger partial charge in [-0.3, -0.25) is 14.4 Å². The second-order valence-corrected chi connectivity index (χ2v) is 8.74. The highest BCUT2D eigenvalue weighted by Crippen LogP contribution is 2.21. The number of aromatic nitrogens is 2. The molecule has 1 saturated heterocycles. The second-order valence-electron chi connectivity index (χ2n) is 8.74. The van der Waals surface area contributed by atoms with Gasteiger partial charge < -0.3 is 15.0 Å². The highest BCUT2D eigenvalue weighted by atomic mass is 16.5. The molecule has 8 nitrogen and oxygen atoms in total. The van der Waals surface area contributed by atoms with Crippen molar-refractivity contribution in [3.05, 3.63) is 77.6 Å². The van der Waals surface area contributed by atoms with Crippen LogP contribution < -0.4 is 5.32 Å². The smallest absolute Gasteiger partial charge is 0.310 e. The lowest BCUT2D eigenvalue weighted by atomic mass is 9.95. The van der Waals surface area contributed by atoms with Crippen molar-refractivity contribution in [2.75, 3.05) is 25.0 Å². The van der Waals surface area contributed by atoms with Gasteiger partial charge in [0, 0.05) is 36.0 Å². The van der Waals surface area contributed by atoms with E-state index in [9.17, 15) is 14.4 Å². The van der Waals surface area contributed by atoms with Crippen LogP contribution in [-0.2, 0) is 25.5 Å². The van der Waals surface area contributed by atoms with Crippen LogP contribution in [0.3, 0.4) is 0 Å². The number of aryl methyl sites for hydroxylation is 1. The molecule has 182 valence electrons. The average molecular weight is 475 g/mol. The number of esters is 1. The summed E-state index contributed by atoms with van der Waals surface area (Å²) in [5.41, 5.74) is 4.11. The topological polar surface area (TPSA) is 93.5 Å². The molecule has 1 aliphatic heterocycles. The molecule has 1 aliphatic rings. The van der Waals surface area contributed by atoms with Crippen molar-refractivity contribution in [3.63, 3.8) is 0 Å². The summed E-state index contributed by atoms with van der Waals surface area (Å²) in [6, 6.07) is 19.0. The Morgan fingerprint density at radius 3 is 2.26 bits per heavy atom. The molecule has 0 aliphatic carbocycles. The number of benzene rings is 2. The van der Waals surface area contributed by atoms with E-state index in [0.29, 0.717) is 25.9 Å². The number of carbonyl (C=O) groups excluding carboxylic acids is 3. The van der Waals surface area contributed by atoms with Crippen molar-refractivity contribution in [3.8, 4) is 5.69 Å². The number of amides is 2. The number of anilines is 1. The van der Waals surface area contributed by atoms with Gasteiger partial charge in [-0.05, 0) is 51.0 Å². The largest absolute Gasteiger partial charge is 0.455 e. The van der Waals surface area contributed by atoms with Crippen molar-refractivity contribution in [2.45, 2.75) is 33.1 Å². The van der Waals surface area contributed by atoms with E-state index in [4.69, 9.17) is 4.74 Å². The maximum absolute atomic E-state index is 12.6.